The first-order valence-electron chi connectivity index (χ1n) is 5.15. The van der Waals surface area contributed by atoms with Crippen LogP contribution in [0.25, 0.3) is 0 Å². The molecule has 1 rings (SSSR count). The molecule has 2 amide bonds. The summed E-state index contributed by atoms with van der Waals surface area (Å²) in [7, 11) is 0. The van der Waals surface area contributed by atoms with Crippen molar-refractivity contribution in [2.75, 3.05) is 0 Å². The second-order valence-corrected chi connectivity index (χ2v) is 3.81. The summed E-state index contributed by atoms with van der Waals surface area (Å²) < 4.78 is 0. The minimum atomic E-state index is -0.788. The van der Waals surface area contributed by atoms with Crippen LogP contribution in [0.2, 0.25) is 0 Å². The molecule has 1 heterocycles. The number of hydrogen-bond donors (Lipinski definition) is 2. The van der Waals surface area contributed by atoms with Crippen LogP contribution in [0.3, 0.4) is 0 Å². The predicted octanol–water partition coefficient (Wildman–Crippen LogP) is 0.684. The summed E-state index contributed by atoms with van der Waals surface area (Å²) >= 11 is 0. The van der Waals surface area contributed by atoms with Gasteiger partial charge in [0.05, 0.1) is 0 Å². The average molecular weight is 213 g/mol. The molecular weight excluding hydrogens is 198 g/mol. The molecule has 0 bridgehead atoms. The van der Waals surface area contributed by atoms with E-state index in [0.717, 1.165) is 12.8 Å². The van der Waals surface area contributed by atoms with E-state index in [1.807, 2.05) is 0 Å². The van der Waals surface area contributed by atoms with Crippen molar-refractivity contribution in [2.24, 2.45) is 5.92 Å². The highest BCUT2D eigenvalue weighted by Crippen LogP contribution is 2.18. The summed E-state index contributed by atoms with van der Waals surface area (Å²) in [6, 6.07) is 0. The number of rotatable bonds is 6. The molecule has 15 heavy (non-hydrogen) atoms. The van der Waals surface area contributed by atoms with E-state index < -0.39 is 5.97 Å². The van der Waals surface area contributed by atoms with Gasteiger partial charge in [-0.3, -0.25) is 19.7 Å². The number of hydrogen-bond acceptors (Lipinski definition) is 3. The molecule has 84 valence electrons. The Bertz CT molecular complexity index is 275. The fourth-order valence-electron chi connectivity index (χ4n) is 1.68. The largest absolute Gasteiger partial charge is 0.481 e. The van der Waals surface area contributed by atoms with E-state index in [4.69, 9.17) is 5.11 Å². The Labute approximate surface area is 87.8 Å². The molecule has 1 fully saturated rings. The van der Waals surface area contributed by atoms with Gasteiger partial charge in [0.15, 0.2) is 0 Å². The van der Waals surface area contributed by atoms with E-state index in [1.165, 1.54) is 0 Å². The highest BCUT2D eigenvalue weighted by Gasteiger charge is 2.29. The molecule has 1 atom stereocenters. The third-order valence-electron chi connectivity index (χ3n) is 2.51. The van der Waals surface area contributed by atoms with Crippen molar-refractivity contribution in [1.82, 2.24) is 5.32 Å². The van der Waals surface area contributed by atoms with E-state index in [0.29, 0.717) is 12.8 Å². The highest BCUT2D eigenvalue weighted by molar-refractivity contribution is 6.03. The van der Waals surface area contributed by atoms with E-state index in [1.54, 1.807) is 0 Å². The second kappa shape index (κ2) is 5.48. The third-order valence-corrected chi connectivity index (χ3v) is 2.51. The zero-order valence-electron chi connectivity index (χ0n) is 8.49. The van der Waals surface area contributed by atoms with Crippen LogP contribution in [0.15, 0.2) is 0 Å². The number of aliphatic carboxylic acids is 1. The lowest BCUT2D eigenvalue weighted by atomic mass is 9.99. The minimum absolute atomic E-state index is 0.176. The van der Waals surface area contributed by atoms with Crippen LogP contribution in [-0.4, -0.2) is 22.9 Å². The molecule has 5 heteroatoms. The molecule has 0 radical (unpaired) electrons. The van der Waals surface area contributed by atoms with Crippen molar-refractivity contribution in [2.45, 2.75) is 38.5 Å². The smallest absolute Gasteiger partial charge is 0.303 e. The van der Waals surface area contributed by atoms with Gasteiger partial charge in [0.2, 0.25) is 11.8 Å². The van der Waals surface area contributed by atoms with Gasteiger partial charge in [-0.15, -0.1) is 0 Å². The molecular formula is C10H15NO4. The average Bonchev–Trinajstić information content (AvgIpc) is 2.44. The number of carbonyl (C=O) groups excluding carboxylic acids is 2. The third kappa shape index (κ3) is 4.10. The molecule has 0 aromatic rings. The molecule has 2 N–H and O–H groups in total. The maximum atomic E-state index is 11.1. The van der Waals surface area contributed by atoms with Crippen LogP contribution in [0.4, 0.5) is 0 Å². The van der Waals surface area contributed by atoms with Crippen molar-refractivity contribution in [3.63, 3.8) is 0 Å². The van der Waals surface area contributed by atoms with Crippen LogP contribution >= 0.6 is 0 Å². The number of imide groups is 1. The maximum absolute atomic E-state index is 11.1. The summed E-state index contributed by atoms with van der Waals surface area (Å²) in [5.74, 6) is -1.36. The highest BCUT2D eigenvalue weighted by atomic mass is 16.4. The van der Waals surface area contributed by atoms with E-state index in [9.17, 15) is 14.4 Å². The number of carboxylic acid groups (broad SMARTS) is 1. The van der Waals surface area contributed by atoms with Crippen molar-refractivity contribution in [1.29, 1.82) is 0 Å². The van der Waals surface area contributed by atoms with Gasteiger partial charge >= 0.3 is 5.97 Å². The molecule has 0 aromatic carbocycles. The van der Waals surface area contributed by atoms with Crippen LogP contribution < -0.4 is 5.32 Å². The number of carbonyl (C=O) groups is 3. The number of nitrogens with one attached hydrogen (secondary N) is 1. The second-order valence-electron chi connectivity index (χ2n) is 3.81. The molecule has 0 aromatic heterocycles. The van der Waals surface area contributed by atoms with Gasteiger partial charge in [-0.25, -0.2) is 0 Å². The van der Waals surface area contributed by atoms with Crippen molar-refractivity contribution < 1.29 is 19.5 Å². The fourth-order valence-corrected chi connectivity index (χ4v) is 1.68. The van der Waals surface area contributed by atoms with Gasteiger partial charge in [-0.05, 0) is 12.8 Å². The Kier molecular flexibility index (Phi) is 4.27. The summed E-state index contributed by atoms with van der Waals surface area (Å²) in [4.78, 5) is 32.2. The molecule has 1 unspecified atom stereocenters. The fraction of sp³-hybridized carbons (Fsp3) is 0.700. The number of amides is 2. The Morgan fingerprint density at radius 3 is 2.60 bits per heavy atom. The topological polar surface area (TPSA) is 83.5 Å². The molecule has 5 nitrogen and oxygen atoms in total. The van der Waals surface area contributed by atoms with Crippen LogP contribution in [0, 0.1) is 5.92 Å². The standard InChI is InChI=1S/C10H15NO4/c12-8-6-7(10(15)11-8)4-2-1-3-5-9(13)14/h7H,1-6H2,(H,13,14)(H,11,12,15). The first-order valence-corrected chi connectivity index (χ1v) is 5.15. The Hall–Kier alpha value is -1.39. The monoisotopic (exact) mass is 213 g/mol. The van der Waals surface area contributed by atoms with Crippen molar-refractivity contribution in [3.8, 4) is 0 Å². The molecule has 1 saturated heterocycles. The van der Waals surface area contributed by atoms with Gasteiger partial charge in [-0.2, -0.15) is 0 Å². The quantitative estimate of drug-likeness (QED) is 0.502. The van der Waals surface area contributed by atoms with Gasteiger partial charge in [0.1, 0.15) is 0 Å². The van der Waals surface area contributed by atoms with Gasteiger partial charge in [-0.1, -0.05) is 12.8 Å². The summed E-state index contributed by atoms with van der Waals surface area (Å²) in [5, 5.41) is 10.6. The summed E-state index contributed by atoms with van der Waals surface area (Å²) in [5.41, 5.74) is 0. The van der Waals surface area contributed by atoms with Gasteiger partial charge < -0.3 is 5.11 Å². The first kappa shape index (κ1) is 11.7. The van der Waals surface area contributed by atoms with E-state index >= 15 is 0 Å². The molecule has 1 aliphatic rings. The molecule has 0 saturated carbocycles. The zero-order valence-corrected chi connectivity index (χ0v) is 8.49. The minimum Gasteiger partial charge on any atom is -0.481 e. The van der Waals surface area contributed by atoms with Crippen LogP contribution in [0.5, 0.6) is 0 Å². The molecule has 0 aliphatic carbocycles. The maximum Gasteiger partial charge on any atom is 0.303 e. The van der Waals surface area contributed by atoms with Gasteiger partial charge in [0, 0.05) is 18.8 Å². The normalized spacial score (nSPS) is 20.4. The number of carboxylic acids is 1. The number of unbranched alkanes of at least 4 members (excludes halogenated alkanes) is 2. The Morgan fingerprint density at radius 1 is 1.33 bits per heavy atom. The van der Waals surface area contributed by atoms with E-state index in [-0.39, 0.29) is 30.6 Å². The summed E-state index contributed by atoms with van der Waals surface area (Å²) in [6.07, 6.45) is 3.38. The summed E-state index contributed by atoms with van der Waals surface area (Å²) in [6.45, 7) is 0. The van der Waals surface area contributed by atoms with Gasteiger partial charge in [0.25, 0.3) is 0 Å². The van der Waals surface area contributed by atoms with Crippen molar-refractivity contribution >= 4 is 17.8 Å². The molecule has 1 aliphatic heterocycles. The first-order chi connectivity index (χ1) is 7.09. The van der Waals surface area contributed by atoms with Crippen LogP contribution in [-0.2, 0) is 14.4 Å². The lowest BCUT2D eigenvalue weighted by Gasteiger charge is -2.04. The predicted molar refractivity (Wildman–Crippen MR) is 52.0 cm³/mol. The zero-order chi connectivity index (χ0) is 11.3. The Balaban J connectivity index is 2.08. The molecule has 0 spiro atoms. The SMILES string of the molecule is O=C(O)CCCCCC1CC(=O)NC1=O. The van der Waals surface area contributed by atoms with Crippen LogP contribution in [0.1, 0.15) is 38.5 Å². The van der Waals surface area contributed by atoms with Crippen molar-refractivity contribution in [3.05, 3.63) is 0 Å². The Morgan fingerprint density at radius 2 is 2.07 bits per heavy atom. The lowest BCUT2D eigenvalue weighted by molar-refractivity contribution is -0.137. The van der Waals surface area contributed by atoms with E-state index in [2.05, 4.69) is 5.32 Å². The lowest BCUT2D eigenvalue weighted by Crippen LogP contribution is -2.21.